The van der Waals surface area contributed by atoms with Crippen LogP contribution in [0.1, 0.15) is 20.3 Å². The molecule has 1 heterocycles. The van der Waals surface area contributed by atoms with E-state index in [1.165, 1.54) is 19.3 Å². The molecule has 1 aromatic rings. The summed E-state index contributed by atoms with van der Waals surface area (Å²) in [6, 6.07) is 0. The number of nitrogens with one attached hydrogen (secondary N) is 2. The largest absolute Gasteiger partial charge is 0.480 e. The van der Waals surface area contributed by atoms with Gasteiger partial charge in [0.1, 0.15) is 5.54 Å². The first kappa shape index (κ1) is 11.2. The first-order chi connectivity index (χ1) is 6.99. The first-order valence-electron chi connectivity index (χ1n) is 4.55. The fourth-order valence-corrected chi connectivity index (χ4v) is 0.995. The van der Waals surface area contributed by atoms with Crippen molar-refractivity contribution in [3.05, 3.63) is 22.7 Å². The van der Waals surface area contributed by atoms with E-state index < -0.39 is 17.1 Å². The Morgan fingerprint density at radius 2 is 2.40 bits per heavy atom. The average molecular weight is 211 g/mol. The lowest BCUT2D eigenvalue weighted by Crippen LogP contribution is -2.44. The van der Waals surface area contributed by atoms with Crippen LogP contribution in [0.25, 0.3) is 0 Å². The van der Waals surface area contributed by atoms with Crippen molar-refractivity contribution in [2.45, 2.75) is 25.8 Å². The van der Waals surface area contributed by atoms with Gasteiger partial charge in [-0.25, -0.2) is 9.78 Å². The number of carboxylic acid groups (broad SMARTS) is 1. The van der Waals surface area contributed by atoms with Gasteiger partial charge in [0.25, 0.3) is 5.56 Å². The Labute approximate surface area is 86.4 Å². The molecule has 0 saturated carbocycles. The molecule has 0 bridgehead atoms. The van der Waals surface area contributed by atoms with Gasteiger partial charge in [-0.05, 0) is 13.3 Å². The Hall–Kier alpha value is -1.85. The van der Waals surface area contributed by atoms with Crippen LogP contribution in [0.15, 0.2) is 17.2 Å². The third-order valence-corrected chi connectivity index (χ3v) is 2.28. The summed E-state index contributed by atoms with van der Waals surface area (Å²) in [6.07, 6.45) is 3.12. The monoisotopic (exact) mass is 211 g/mol. The first-order valence-corrected chi connectivity index (χ1v) is 4.55. The Morgan fingerprint density at radius 1 is 1.73 bits per heavy atom. The van der Waals surface area contributed by atoms with Gasteiger partial charge in [0.05, 0.1) is 0 Å². The summed E-state index contributed by atoms with van der Waals surface area (Å²) in [7, 11) is 0. The van der Waals surface area contributed by atoms with Crippen LogP contribution in [0.2, 0.25) is 0 Å². The molecular weight excluding hydrogens is 198 g/mol. The minimum absolute atomic E-state index is 0.0178. The Morgan fingerprint density at radius 3 is 2.87 bits per heavy atom. The van der Waals surface area contributed by atoms with Crippen molar-refractivity contribution < 1.29 is 9.90 Å². The normalized spacial score (nSPS) is 14.3. The summed E-state index contributed by atoms with van der Waals surface area (Å²) in [5.41, 5.74) is -1.61. The average Bonchev–Trinajstić information content (AvgIpc) is 2.21. The Bertz CT molecular complexity index is 415. The molecule has 0 aliphatic carbocycles. The minimum Gasteiger partial charge on any atom is -0.480 e. The number of anilines is 1. The molecule has 1 aromatic heterocycles. The van der Waals surface area contributed by atoms with E-state index in [1.54, 1.807) is 6.92 Å². The summed E-state index contributed by atoms with van der Waals surface area (Å²) in [5.74, 6) is -1.00. The summed E-state index contributed by atoms with van der Waals surface area (Å²) >= 11 is 0. The second-order valence-corrected chi connectivity index (χ2v) is 3.38. The number of aromatic nitrogens is 2. The molecule has 6 nitrogen and oxygen atoms in total. The minimum atomic E-state index is -1.18. The fraction of sp³-hybridized carbons (Fsp3) is 0.444. The van der Waals surface area contributed by atoms with E-state index >= 15 is 0 Å². The molecule has 0 aliphatic rings. The number of carboxylic acids is 1. The zero-order valence-corrected chi connectivity index (χ0v) is 8.57. The van der Waals surface area contributed by atoms with Crippen LogP contribution < -0.4 is 10.9 Å². The van der Waals surface area contributed by atoms with Crippen molar-refractivity contribution >= 4 is 11.8 Å². The van der Waals surface area contributed by atoms with E-state index in [2.05, 4.69) is 15.3 Å². The standard InChI is InChI=1S/C9H13N3O3/c1-3-9(2,8(14)15)12-6-7(13)11-5-4-10-6/h4-5H,3H2,1-2H3,(H,10,12)(H,11,13)(H,14,15). The lowest BCUT2D eigenvalue weighted by atomic mass is 9.99. The topological polar surface area (TPSA) is 95.1 Å². The number of H-pyrrole nitrogens is 1. The molecule has 3 N–H and O–H groups in total. The van der Waals surface area contributed by atoms with Gasteiger partial charge in [0.2, 0.25) is 0 Å². The Kier molecular flexibility index (Phi) is 3.08. The summed E-state index contributed by atoms with van der Waals surface area (Å²) in [5, 5.41) is 11.6. The lowest BCUT2D eigenvalue weighted by molar-refractivity contribution is -0.141. The molecule has 0 fully saturated rings. The van der Waals surface area contributed by atoms with Gasteiger partial charge >= 0.3 is 5.97 Å². The smallest absolute Gasteiger partial charge is 0.329 e. The quantitative estimate of drug-likeness (QED) is 0.671. The predicted octanol–water partition coefficient (Wildman–Crippen LogP) is 0.435. The predicted molar refractivity (Wildman–Crippen MR) is 54.8 cm³/mol. The van der Waals surface area contributed by atoms with Crippen molar-refractivity contribution in [1.82, 2.24) is 9.97 Å². The van der Waals surface area contributed by atoms with E-state index in [-0.39, 0.29) is 5.82 Å². The number of hydrogen-bond acceptors (Lipinski definition) is 4. The highest BCUT2D eigenvalue weighted by atomic mass is 16.4. The van der Waals surface area contributed by atoms with E-state index in [1.807, 2.05) is 0 Å². The molecule has 0 aliphatic heterocycles. The second-order valence-electron chi connectivity index (χ2n) is 3.38. The number of rotatable bonds is 4. The van der Waals surface area contributed by atoms with Crippen molar-refractivity contribution in [1.29, 1.82) is 0 Å². The van der Waals surface area contributed by atoms with Crippen LogP contribution >= 0.6 is 0 Å². The SMILES string of the molecule is CCC(C)(Nc1ncc[nH]c1=O)C(=O)O. The van der Waals surface area contributed by atoms with E-state index in [4.69, 9.17) is 5.11 Å². The maximum absolute atomic E-state index is 11.3. The Balaban J connectivity index is 2.99. The molecule has 0 radical (unpaired) electrons. The van der Waals surface area contributed by atoms with Crippen molar-refractivity contribution in [3.63, 3.8) is 0 Å². The number of carbonyl (C=O) groups is 1. The molecule has 6 heteroatoms. The van der Waals surface area contributed by atoms with Crippen LogP contribution in [0, 0.1) is 0 Å². The van der Waals surface area contributed by atoms with Gasteiger partial charge in [0, 0.05) is 12.4 Å². The summed E-state index contributed by atoms with van der Waals surface area (Å²) in [4.78, 5) is 28.4. The van der Waals surface area contributed by atoms with Crippen LogP contribution in [-0.4, -0.2) is 26.6 Å². The number of nitrogens with zero attached hydrogens (tertiary/aromatic N) is 1. The molecule has 0 spiro atoms. The lowest BCUT2D eigenvalue weighted by Gasteiger charge is -2.24. The molecule has 1 rings (SSSR count). The molecule has 82 valence electrons. The third-order valence-electron chi connectivity index (χ3n) is 2.28. The van der Waals surface area contributed by atoms with Gasteiger partial charge in [-0.15, -0.1) is 0 Å². The van der Waals surface area contributed by atoms with E-state index in [9.17, 15) is 9.59 Å². The van der Waals surface area contributed by atoms with Crippen LogP contribution in [0.5, 0.6) is 0 Å². The number of hydrogen-bond donors (Lipinski definition) is 3. The van der Waals surface area contributed by atoms with Crippen LogP contribution in [0.3, 0.4) is 0 Å². The van der Waals surface area contributed by atoms with Crippen molar-refractivity contribution in [2.24, 2.45) is 0 Å². The number of aromatic amines is 1. The molecular formula is C9H13N3O3. The van der Waals surface area contributed by atoms with Crippen molar-refractivity contribution in [2.75, 3.05) is 5.32 Å². The van der Waals surface area contributed by atoms with Gasteiger partial charge in [-0.3, -0.25) is 4.79 Å². The molecule has 0 saturated heterocycles. The molecule has 0 aromatic carbocycles. The van der Waals surface area contributed by atoms with Crippen molar-refractivity contribution in [3.8, 4) is 0 Å². The zero-order valence-electron chi connectivity index (χ0n) is 8.57. The van der Waals surface area contributed by atoms with E-state index in [0.29, 0.717) is 6.42 Å². The fourth-order valence-electron chi connectivity index (χ4n) is 0.995. The molecule has 1 unspecified atom stereocenters. The van der Waals surface area contributed by atoms with Gasteiger partial charge in [0.15, 0.2) is 5.82 Å². The maximum Gasteiger partial charge on any atom is 0.329 e. The highest BCUT2D eigenvalue weighted by molar-refractivity contribution is 5.81. The third kappa shape index (κ3) is 2.34. The molecule has 1 atom stereocenters. The maximum atomic E-state index is 11.3. The van der Waals surface area contributed by atoms with Gasteiger partial charge < -0.3 is 15.4 Å². The molecule has 15 heavy (non-hydrogen) atoms. The summed E-state index contributed by atoms with van der Waals surface area (Å²) < 4.78 is 0. The molecule has 0 amide bonds. The van der Waals surface area contributed by atoms with Gasteiger partial charge in [-0.1, -0.05) is 6.92 Å². The van der Waals surface area contributed by atoms with E-state index in [0.717, 1.165) is 0 Å². The highest BCUT2D eigenvalue weighted by Gasteiger charge is 2.31. The van der Waals surface area contributed by atoms with Crippen LogP contribution in [-0.2, 0) is 4.79 Å². The van der Waals surface area contributed by atoms with Crippen LogP contribution in [0.4, 0.5) is 5.82 Å². The summed E-state index contributed by atoms with van der Waals surface area (Å²) in [6.45, 7) is 3.22. The zero-order chi connectivity index (χ0) is 11.5. The highest BCUT2D eigenvalue weighted by Crippen LogP contribution is 2.14. The van der Waals surface area contributed by atoms with Gasteiger partial charge in [-0.2, -0.15) is 0 Å². The number of aliphatic carboxylic acids is 1. The second kappa shape index (κ2) is 4.12.